The topological polar surface area (TPSA) is 43.9 Å². The largest absolute Gasteiger partial charge is 0.452 e. The summed E-state index contributed by atoms with van der Waals surface area (Å²) in [5.41, 5.74) is 8.42. The first-order valence-electron chi connectivity index (χ1n) is 16.9. The number of fused-ring (bicyclic) bond motifs is 13. The van der Waals surface area contributed by atoms with E-state index in [0.717, 1.165) is 44.5 Å². The highest BCUT2D eigenvalue weighted by Crippen LogP contribution is 2.43. The molecule has 232 valence electrons. The third kappa shape index (κ3) is 3.81. The summed E-state index contributed by atoms with van der Waals surface area (Å²) in [6, 6.07) is 57.9. The van der Waals surface area contributed by atoms with Crippen LogP contribution in [0.2, 0.25) is 0 Å². The van der Waals surface area contributed by atoms with Gasteiger partial charge in [-0.3, -0.25) is 0 Å². The lowest BCUT2D eigenvalue weighted by Gasteiger charge is -2.13. The summed E-state index contributed by atoms with van der Waals surface area (Å²) in [4.78, 5) is 10.3. The van der Waals surface area contributed by atoms with Crippen LogP contribution < -0.4 is 0 Å². The highest BCUT2D eigenvalue weighted by Gasteiger charge is 2.21. The van der Waals surface area contributed by atoms with Gasteiger partial charge in [-0.05, 0) is 63.3 Å². The molecule has 0 amide bonds. The summed E-state index contributed by atoms with van der Waals surface area (Å²) in [7, 11) is 0. The predicted molar refractivity (Wildman–Crippen MR) is 207 cm³/mol. The third-order valence-corrected chi connectivity index (χ3v) is 10.2. The van der Waals surface area contributed by atoms with Crippen LogP contribution in [0.4, 0.5) is 0 Å². The maximum atomic E-state index is 6.37. The van der Waals surface area contributed by atoms with Crippen molar-refractivity contribution in [3.8, 4) is 28.3 Å². The van der Waals surface area contributed by atoms with Crippen molar-refractivity contribution < 1.29 is 4.42 Å². The summed E-state index contributed by atoms with van der Waals surface area (Å²) in [6.07, 6.45) is 0. The molecule has 0 unspecified atom stereocenters. The van der Waals surface area contributed by atoms with E-state index in [-0.39, 0.29) is 0 Å². The van der Waals surface area contributed by atoms with Crippen LogP contribution in [-0.2, 0) is 0 Å². The first kappa shape index (κ1) is 27.2. The Kier molecular flexibility index (Phi) is 5.63. The molecule has 0 aliphatic carbocycles. The molecule has 0 N–H and O–H groups in total. The Morgan fingerprint density at radius 1 is 0.420 bits per heavy atom. The summed E-state index contributed by atoms with van der Waals surface area (Å²) < 4.78 is 8.76. The zero-order valence-corrected chi connectivity index (χ0v) is 26.8. The van der Waals surface area contributed by atoms with E-state index in [2.05, 4.69) is 132 Å². The summed E-state index contributed by atoms with van der Waals surface area (Å²) in [5.74, 6) is 0.661. The Morgan fingerprint density at radius 3 is 1.84 bits per heavy atom. The van der Waals surface area contributed by atoms with Gasteiger partial charge in [0.25, 0.3) is 0 Å². The van der Waals surface area contributed by atoms with Crippen molar-refractivity contribution in [1.82, 2.24) is 14.5 Å². The average Bonchev–Trinajstić information content (AvgIpc) is 3.74. The summed E-state index contributed by atoms with van der Waals surface area (Å²) in [6.45, 7) is 0. The molecule has 8 aromatic carbocycles. The van der Waals surface area contributed by atoms with E-state index >= 15 is 0 Å². The van der Waals surface area contributed by atoms with Crippen molar-refractivity contribution >= 4 is 76.2 Å². The monoisotopic (exact) mass is 637 g/mol. The van der Waals surface area contributed by atoms with Crippen LogP contribution in [0.5, 0.6) is 0 Å². The van der Waals surface area contributed by atoms with Crippen molar-refractivity contribution in [1.29, 1.82) is 0 Å². The predicted octanol–water partition coefficient (Wildman–Crippen LogP) is 12.3. The van der Waals surface area contributed by atoms with Gasteiger partial charge in [0.15, 0.2) is 11.4 Å². The van der Waals surface area contributed by atoms with E-state index in [9.17, 15) is 0 Å². The minimum atomic E-state index is 0.661. The van der Waals surface area contributed by atoms with Gasteiger partial charge in [-0.25, -0.2) is 9.97 Å². The molecule has 11 aromatic rings. The molecular formula is C46H27N3O. The smallest absolute Gasteiger partial charge is 0.180 e. The van der Waals surface area contributed by atoms with Gasteiger partial charge in [0, 0.05) is 38.4 Å². The number of furan rings is 1. The minimum Gasteiger partial charge on any atom is -0.452 e. The van der Waals surface area contributed by atoms with Crippen LogP contribution in [0.1, 0.15) is 0 Å². The molecule has 0 saturated carbocycles. The van der Waals surface area contributed by atoms with Crippen LogP contribution in [0, 0.1) is 0 Å². The Balaban J connectivity index is 1.20. The molecule has 0 radical (unpaired) electrons. The lowest BCUT2D eigenvalue weighted by atomic mass is 9.92. The fraction of sp³-hybridized carbons (Fsp3) is 0. The fourth-order valence-electron chi connectivity index (χ4n) is 8.03. The summed E-state index contributed by atoms with van der Waals surface area (Å²) >= 11 is 0. The average molecular weight is 638 g/mol. The van der Waals surface area contributed by atoms with E-state index in [4.69, 9.17) is 14.4 Å². The van der Waals surface area contributed by atoms with Gasteiger partial charge in [-0.1, -0.05) is 127 Å². The van der Waals surface area contributed by atoms with Crippen molar-refractivity contribution in [3.05, 3.63) is 164 Å². The second kappa shape index (κ2) is 10.4. The lowest BCUT2D eigenvalue weighted by molar-refractivity contribution is 0.667. The van der Waals surface area contributed by atoms with Gasteiger partial charge in [0.1, 0.15) is 16.8 Å². The Morgan fingerprint density at radius 2 is 1.04 bits per heavy atom. The molecule has 0 aliphatic heterocycles. The number of para-hydroxylation sites is 2. The van der Waals surface area contributed by atoms with Crippen molar-refractivity contribution in [2.45, 2.75) is 0 Å². The van der Waals surface area contributed by atoms with Gasteiger partial charge in [-0.15, -0.1) is 0 Å². The summed E-state index contributed by atoms with van der Waals surface area (Å²) in [5, 5.41) is 11.1. The molecule has 4 heteroatoms. The van der Waals surface area contributed by atoms with Crippen LogP contribution in [-0.4, -0.2) is 14.5 Å². The quantitative estimate of drug-likeness (QED) is 0.181. The van der Waals surface area contributed by atoms with Gasteiger partial charge in [0.2, 0.25) is 0 Å². The van der Waals surface area contributed by atoms with E-state index in [1.165, 1.54) is 48.6 Å². The Bertz CT molecular complexity index is 3120. The van der Waals surface area contributed by atoms with E-state index in [1.807, 2.05) is 36.4 Å². The van der Waals surface area contributed by atoms with Crippen LogP contribution in [0.25, 0.3) is 105 Å². The zero-order chi connectivity index (χ0) is 32.8. The molecule has 0 fully saturated rings. The number of nitrogens with zero attached hydrogens (tertiary/aromatic N) is 3. The standard InChI is InChI=1S/C46H27N3O/c1-2-13-28(14-3-1)43-45-44(37-22-9-11-24-40(37)50-45)48-46(47-43)29-15-12-16-30(27-29)49-38-23-10-8-21-36(38)42-39(49)26-25-35-33-19-5-4-17-31(33)32-18-6-7-20-34(32)41(35)42/h1-27H. The van der Waals surface area contributed by atoms with Gasteiger partial charge < -0.3 is 8.98 Å². The second-order valence-electron chi connectivity index (χ2n) is 12.9. The van der Waals surface area contributed by atoms with Crippen LogP contribution in [0.3, 0.4) is 0 Å². The zero-order valence-electron chi connectivity index (χ0n) is 26.8. The van der Waals surface area contributed by atoms with Crippen molar-refractivity contribution in [3.63, 3.8) is 0 Å². The third-order valence-electron chi connectivity index (χ3n) is 10.2. The van der Waals surface area contributed by atoms with Gasteiger partial charge >= 0.3 is 0 Å². The molecular weight excluding hydrogens is 611 g/mol. The first-order valence-corrected chi connectivity index (χ1v) is 16.9. The Hall–Kier alpha value is -6.78. The van der Waals surface area contributed by atoms with Crippen molar-refractivity contribution in [2.24, 2.45) is 0 Å². The molecule has 0 atom stereocenters. The molecule has 0 bridgehead atoms. The molecule has 11 rings (SSSR count). The molecule has 3 aromatic heterocycles. The highest BCUT2D eigenvalue weighted by molar-refractivity contribution is 6.35. The molecule has 3 heterocycles. The molecule has 4 nitrogen and oxygen atoms in total. The molecule has 50 heavy (non-hydrogen) atoms. The second-order valence-corrected chi connectivity index (χ2v) is 12.9. The van der Waals surface area contributed by atoms with E-state index in [1.54, 1.807) is 0 Å². The number of aromatic nitrogens is 3. The van der Waals surface area contributed by atoms with E-state index < -0.39 is 0 Å². The Labute approximate surface area is 286 Å². The maximum Gasteiger partial charge on any atom is 0.180 e. The normalized spacial score (nSPS) is 12.0. The number of hydrogen-bond donors (Lipinski definition) is 0. The number of hydrogen-bond acceptors (Lipinski definition) is 3. The van der Waals surface area contributed by atoms with Gasteiger partial charge in [0.05, 0.1) is 11.0 Å². The van der Waals surface area contributed by atoms with Crippen molar-refractivity contribution in [2.75, 3.05) is 0 Å². The maximum absolute atomic E-state index is 6.37. The molecule has 0 aliphatic rings. The minimum absolute atomic E-state index is 0.661. The first-order chi connectivity index (χ1) is 24.8. The highest BCUT2D eigenvalue weighted by atomic mass is 16.3. The number of benzene rings is 8. The molecule has 0 saturated heterocycles. The SMILES string of the molecule is c1ccc(-c2nc(-c3cccc(-n4c5ccccc5c5c6c7ccccc7c7ccccc7c6ccc54)c3)nc3c2oc2ccccc23)cc1. The van der Waals surface area contributed by atoms with E-state index in [0.29, 0.717) is 11.4 Å². The lowest BCUT2D eigenvalue weighted by Crippen LogP contribution is -1.97. The fourth-order valence-corrected chi connectivity index (χ4v) is 8.03. The molecule has 0 spiro atoms. The number of rotatable bonds is 3. The van der Waals surface area contributed by atoms with Crippen LogP contribution >= 0.6 is 0 Å². The van der Waals surface area contributed by atoms with Gasteiger partial charge in [-0.2, -0.15) is 0 Å². The van der Waals surface area contributed by atoms with Crippen LogP contribution in [0.15, 0.2) is 168 Å².